The first-order valence-corrected chi connectivity index (χ1v) is 9.46. The fourth-order valence-corrected chi connectivity index (χ4v) is 3.78. The van der Waals surface area contributed by atoms with Crippen LogP contribution >= 0.6 is 0 Å². The zero-order valence-corrected chi connectivity index (χ0v) is 14.5. The molecule has 0 aliphatic carbocycles. The molecule has 0 bridgehead atoms. The molecule has 0 N–H and O–H groups in total. The molecule has 0 radical (unpaired) electrons. The minimum Gasteiger partial charge on any atom is -0.178 e. The molecule has 116 valence electrons. The standard InChI is InChI=1S/C18H40B/c1-5-9-13-14-18-19(15-10-6-2,16-11-7-3)17-12-8-4/h5-18H2,1-4H3/q-1. The highest BCUT2D eigenvalue weighted by atomic mass is 14.0. The Hall–Kier alpha value is 0.0649. The first kappa shape index (κ1) is 19.1. The van der Waals surface area contributed by atoms with Crippen molar-refractivity contribution in [2.45, 2.75) is 117 Å². The van der Waals surface area contributed by atoms with E-state index in [4.69, 9.17) is 0 Å². The van der Waals surface area contributed by atoms with Gasteiger partial charge in [-0.25, -0.2) is 0 Å². The average Bonchev–Trinajstić information content (AvgIpc) is 2.44. The van der Waals surface area contributed by atoms with Gasteiger partial charge in [-0.1, -0.05) is 91.9 Å². The lowest BCUT2D eigenvalue weighted by Crippen LogP contribution is -2.33. The largest absolute Gasteiger partial charge is 0.178 e. The first-order valence-electron chi connectivity index (χ1n) is 9.46. The Morgan fingerprint density at radius 1 is 0.421 bits per heavy atom. The Bertz CT molecular complexity index is 155. The Morgan fingerprint density at radius 3 is 1.16 bits per heavy atom. The molecule has 0 nitrogen and oxygen atoms in total. The van der Waals surface area contributed by atoms with Crippen molar-refractivity contribution in [1.29, 1.82) is 0 Å². The summed E-state index contributed by atoms with van der Waals surface area (Å²) >= 11 is 0. The summed E-state index contributed by atoms with van der Waals surface area (Å²) in [5.74, 6) is 0. The second-order valence-electron chi connectivity index (χ2n) is 7.01. The van der Waals surface area contributed by atoms with Crippen LogP contribution in [0, 0.1) is 0 Å². The van der Waals surface area contributed by atoms with Crippen molar-refractivity contribution in [1.82, 2.24) is 0 Å². The first-order chi connectivity index (χ1) is 9.24. The molecule has 0 heterocycles. The van der Waals surface area contributed by atoms with Crippen LogP contribution in [0.15, 0.2) is 0 Å². The Kier molecular flexibility index (Phi) is 13.1. The quantitative estimate of drug-likeness (QED) is 0.227. The molecule has 0 fully saturated rings. The van der Waals surface area contributed by atoms with Gasteiger partial charge < -0.3 is 0 Å². The molecule has 0 amide bonds. The zero-order valence-electron chi connectivity index (χ0n) is 14.5. The van der Waals surface area contributed by atoms with E-state index < -0.39 is 0 Å². The van der Waals surface area contributed by atoms with Gasteiger partial charge in [-0.15, -0.1) is 0 Å². The predicted molar refractivity (Wildman–Crippen MR) is 93.8 cm³/mol. The summed E-state index contributed by atoms with van der Waals surface area (Å²) in [5.41, 5.74) is 0. The number of unbranched alkanes of at least 4 members (excludes halogenated alkanes) is 6. The summed E-state index contributed by atoms with van der Waals surface area (Å²) < 4.78 is 0. The minimum absolute atomic E-state index is 0.0215. The Labute approximate surface area is 124 Å². The number of hydrogen-bond donors (Lipinski definition) is 0. The van der Waals surface area contributed by atoms with E-state index >= 15 is 0 Å². The molecule has 0 aliphatic rings. The van der Waals surface area contributed by atoms with Gasteiger partial charge in [0, 0.05) is 6.15 Å². The van der Waals surface area contributed by atoms with Crippen molar-refractivity contribution in [2.75, 3.05) is 0 Å². The summed E-state index contributed by atoms with van der Waals surface area (Å²) in [7, 11) is 0. The molecule has 1 heteroatoms. The maximum atomic E-state index is 2.36. The van der Waals surface area contributed by atoms with Crippen molar-refractivity contribution in [3.05, 3.63) is 0 Å². The Morgan fingerprint density at radius 2 is 0.789 bits per heavy atom. The molecule has 0 atom stereocenters. The van der Waals surface area contributed by atoms with Gasteiger partial charge in [-0.3, -0.25) is 0 Å². The summed E-state index contributed by atoms with van der Waals surface area (Å²) in [4.78, 5) is 0. The van der Waals surface area contributed by atoms with E-state index in [2.05, 4.69) is 27.7 Å². The lowest BCUT2D eigenvalue weighted by atomic mass is 9.17. The van der Waals surface area contributed by atoms with Gasteiger partial charge >= 0.3 is 0 Å². The highest BCUT2D eigenvalue weighted by molar-refractivity contribution is 6.79. The van der Waals surface area contributed by atoms with Crippen molar-refractivity contribution in [3.63, 3.8) is 0 Å². The molecule has 0 saturated heterocycles. The maximum absolute atomic E-state index is 2.36. The topological polar surface area (TPSA) is 0 Å². The van der Waals surface area contributed by atoms with Gasteiger partial charge in [-0.05, 0) is 0 Å². The molecule has 0 aromatic carbocycles. The molecule has 0 spiro atoms. The molecule has 0 aromatic rings. The van der Waals surface area contributed by atoms with Gasteiger partial charge in [-0.2, -0.15) is 25.3 Å². The fraction of sp³-hybridized carbons (Fsp3) is 1.00. The van der Waals surface area contributed by atoms with Crippen molar-refractivity contribution in [2.24, 2.45) is 0 Å². The highest BCUT2D eigenvalue weighted by Crippen LogP contribution is 2.33. The SMILES string of the molecule is CCCCCC[B-](CCCC)(CCCC)CCCC. The third-order valence-corrected chi connectivity index (χ3v) is 5.18. The van der Waals surface area contributed by atoms with Gasteiger partial charge in [0.2, 0.25) is 0 Å². The molecule has 0 aliphatic heterocycles. The summed E-state index contributed by atoms with van der Waals surface area (Å²) in [5, 5.41) is 0. The van der Waals surface area contributed by atoms with Crippen LogP contribution in [0.2, 0.25) is 25.3 Å². The van der Waals surface area contributed by atoms with E-state index in [1.807, 2.05) is 0 Å². The fourth-order valence-electron chi connectivity index (χ4n) is 3.78. The monoisotopic (exact) mass is 267 g/mol. The second kappa shape index (κ2) is 13.1. The van der Waals surface area contributed by atoms with Gasteiger partial charge in [0.15, 0.2) is 0 Å². The minimum atomic E-state index is -0.0215. The zero-order chi connectivity index (χ0) is 14.4. The van der Waals surface area contributed by atoms with E-state index in [-0.39, 0.29) is 6.15 Å². The molecule has 19 heavy (non-hydrogen) atoms. The van der Waals surface area contributed by atoms with E-state index in [1.165, 1.54) is 64.2 Å². The normalized spacial score (nSPS) is 12.0. The van der Waals surface area contributed by atoms with Crippen molar-refractivity contribution in [3.8, 4) is 0 Å². The van der Waals surface area contributed by atoms with Crippen LogP contribution < -0.4 is 0 Å². The maximum Gasteiger partial charge on any atom is 0.000747 e. The summed E-state index contributed by atoms with van der Waals surface area (Å²) in [6, 6.07) is 0. The van der Waals surface area contributed by atoms with Gasteiger partial charge in [0.1, 0.15) is 0 Å². The van der Waals surface area contributed by atoms with Crippen molar-refractivity contribution >= 4 is 6.15 Å². The number of hydrogen-bond acceptors (Lipinski definition) is 0. The summed E-state index contributed by atoms with van der Waals surface area (Å²) in [6.07, 6.45) is 20.6. The van der Waals surface area contributed by atoms with Crippen LogP contribution in [-0.4, -0.2) is 6.15 Å². The molecule has 0 unspecified atom stereocenters. The van der Waals surface area contributed by atoms with Crippen LogP contribution in [-0.2, 0) is 0 Å². The van der Waals surface area contributed by atoms with Gasteiger partial charge in [0.05, 0.1) is 0 Å². The van der Waals surface area contributed by atoms with E-state index in [0.717, 1.165) is 0 Å². The van der Waals surface area contributed by atoms with Crippen molar-refractivity contribution < 1.29 is 0 Å². The third kappa shape index (κ3) is 9.58. The molecular weight excluding hydrogens is 227 g/mol. The molecule has 0 saturated carbocycles. The summed E-state index contributed by atoms with van der Waals surface area (Å²) in [6.45, 7) is 9.40. The van der Waals surface area contributed by atoms with Crippen LogP contribution in [0.25, 0.3) is 0 Å². The van der Waals surface area contributed by atoms with E-state index in [0.29, 0.717) is 0 Å². The van der Waals surface area contributed by atoms with Crippen LogP contribution in [0.3, 0.4) is 0 Å². The van der Waals surface area contributed by atoms with Crippen LogP contribution in [0.4, 0.5) is 0 Å². The third-order valence-electron chi connectivity index (χ3n) is 5.18. The van der Waals surface area contributed by atoms with Crippen LogP contribution in [0.5, 0.6) is 0 Å². The lowest BCUT2D eigenvalue weighted by Gasteiger charge is -2.40. The average molecular weight is 267 g/mol. The smallest absolute Gasteiger partial charge is 0.000747 e. The lowest BCUT2D eigenvalue weighted by molar-refractivity contribution is 0.684. The predicted octanol–water partition coefficient (Wildman–Crippen LogP) is 7.42. The van der Waals surface area contributed by atoms with Crippen LogP contribution in [0.1, 0.15) is 91.9 Å². The second-order valence-corrected chi connectivity index (χ2v) is 7.01. The van der Waals surface area contributed by atoms with Gasteiger partial charge in [0.25, 0.3) is 0 Å². The van der Waals surface area contributed by atoms with E-state index in [1.54, 1.807) is 25.3 Å². The number of rotatable bonds is 14. The molecule has 0 rings (SSSR count). The van der Waals surface area contributed by atoms with E-state index in [9.17, 15) is 0 Å². The Balaban J connectivity index is 4.38. The highest BCUT2D eigenvalue weighted by Gasteiger charge is 2.22. The molecular formula is C18H40B-. The molecule has 0 aromatic heterocycles.